The van der Waals surface area contributed by atoms with E-state index in [0.717, 1.165) is 11.3 Å². The molecule has 0 spiro atoms. The van der Waals surface area contributed by atoms with Gasteiger partial charge in [0.05, 0.1) is 9.82 Å². The van der Waals surface area contributed by atoms with E-state index in [4.69, 9.17) is 0 Å². The van der Waals surface area contributed by atoms with Crippen LogP contribution in [0.15, 0.2) is 59.5 Å². The third-order valence-electron chi connectivity index (χ3n) is 4.99. The number of hydrogen-bond acceptors (Lipinski definition) is 6. The highest BCUT2D eigenvalue weighted by Gasteiger charge is 2.28. The summed E-state index contributed by atoms with van der Waals surface area (Å²) >= 11 is 0. The van der Waals surface area contributed by atoms with Crippen LogP contribution < -0.4 is 4.90 Å². The first-order valence-electron chi connectivity index (χ1n) is 9.62. The minimum absolute atomic E-state index is 0.0117. The smallest absolute Gasteiger partial charge is 0.269 e. The van der Waals surface area contributed by atoms with Crippen LogP contribution in [0.5, 0.6) is 0 Å². The molecule has 1 heterocycles. The van der Waals surface area contributed by atoms with Gasteiger partial charge in [-0.1, -0.05) is 25.1 Å². The van der Waals surface area contributed by atoms with Crippen molar-refractivity contribution < 1.29 is 18.1 Å². The number of carbonyl (C=O) groups excluding carboxylic acids is 1. The van der Waals surface area contributed by atoms with Gasteiger partial charge in [-0.2, -0.15) is 4.31 Å². The highest BCUT2D eigenvalue weighted by atomic mass is 32.2. The molecule has 1 fully saturated rings. The number of nitro groups is 1. The zero-order valence-corrected chi connectivity index (χ0v) is 17.4. The van der Waals surface area contributed by atoms with E-state index in [2.05, 4.69) is 0 Å². The van der Waals surface area contributed by atoms with Gasteiger partial charge in [-0.15, -0.1) is 0 Å². The van der Waals surface area contributed by atoms with Gasteiger partial charge in [-0.25, -0.2) is 8.42 Å². The third kappa shape index (κ3) is 4.92. The number of ketones is 1. The average Bonchev–Trinajstić information content (AvgIpc) is 2.78. The second-order valence-corrected chi connectivity index (χ2v) is 8.82. The maximum Gasteiger partial charge on any atom is 0.269 e. The predicted molar refractivity (Wildman–Crippen MR) is 115 cm³/mol. The van der Waals surface area contributed by atoms with Crippen molar-refractivity contribution in [2.75, 3.05) is 31.1 Å². The molecular formula is C21H23N3O5S. The zero-order chi connectivity index (χ0) is 21.7. The van der Waals surface area contributed by atoms with Crippen LogP contribution in [0.4, 0.5) is 11.4 Å². The summed E-state index contributed by atoms with van der Waals surface area (Å²) in [6.45, 7) is 3.43. The highest BCUT2D eigenvalue weighted by Crippen LogP contribution is 2.23. The summed E-state index contributed by atoms with van der Waals surface area (Å²) in [5, 5.41) is 10.8. The van der Waals surface area contributed by atoms with E-state index in [9.17, 15) is 23.3 Å². The lowest BCUT2D eigenvalue weighted by atomic mass is 10.2. The van der Waals surface area contributed by atoms with Gasteiger partial charge in [0.2, 0.25) is 10.0 Å². The summed E-state index contributed by atoms with van der Waals surface area (Å²) < 4.78 is 27.3. The van der Waals surface area contributed by atoms with Gasteiger partial charge in [0, 0.05) is 50.4 Å². The first-order chi connectivity index (χ1) is 14.3. The summed E-state index contributed by atoms with van der Waals surface area (Å²) in [6.07, 6.45) is 3.58. The Kier molecular flexibility index (Phi) is 6.63. The molecule has 30 heavy (non-hydrogen) atoms. The fourth-order valence-corrected chi connectivity index (χ4v) is 4.60. The quantitative estimate of drug-likeness (QED) is 0.381. The number of carbonyl (C=O) groups is 1. The maximum atomic E-state index is 12.9. The van der Waals surface area contributed by atoms with E-state index in [0.29, 0.717) is 32.6 Å². The van der Waals surface area contributed by atoms with Crippen molar-refractivity contribution in [2.45, 2.75) is 18.2 Å². The standard InChI is InChI=1S/C21H23N3O5S/c1-2-20(25)10-3-17-4-11-21(12-5-17)30(28,29)23-15-13-22(14-16-23)18-6-8-19(9-7-18)24(26)27/h3-12H,2,13-16H2,1H3/b10-3+. The molecule has 8 nitrogen and oxygen atoms in total. The van der Waals surface area contributed by atoms with Gasteiger partial charge >= 0.3 is 0 Å². The zero-order valence-electron chi connectivity index (χ0n) is 16.6. The molecule has 0 bridgehead atoms. The average molecular weight is 429 g/mol. The molecule has 3 rings (SSSR count). The van der Waals surface area contributed by atoms with Gasteiger partial charge in [-0.3, -0.25) is 14.9 Å². The Labute approximate surface area is 175 Å². The summed E-state index contributed by atoms with van der Waals surface area (Å²) in [5.41, 5.74) is 1.62. The van der Waals surface area contributed by atoms with Gasteiger partial charge in [0.15, 0.2) is 5.78 Å². The molecule has 0 saturated carbocycles. The van der Waals surface area contributed by atoms with Gasteiger partial charge in [-0.05, 0) is 35.9 Å². The molecule has 158 valence electrons. The molecule has 2 aromatic carbocycles. The molecule has 0 unspecified atom stereocenters. The Morgan fingerprint density at radius 3 is 2.17 bits per heavy atom. The van der Waals surface area contributed by atoms with Gasteiger partial charge < -0.3 is 4.90 Å². The van der Waals surface area contributed by atoms with E-state index in [1.165, 1.54) is 22.5 Å². The second kappa shape index (κ2) is 9.19. The highest BCUT2D eigenvalue weighted by molar-refractivity contribution is 7.89. The molecule has 0 amide bonds. The van der Waals surface area contributed by atoms with E-state index in [-0.39, 0.29) is 16.4 Å². The van der Waals surface area contributed by atoms with E-state index >= 15 is 0 Å². The maximum absolute atomic E-state index is 12.9. The molecule has 2 aromatic rings. The molecule has 0 aliphatic carbocycles. The summed E-state index contributed by atoms with van der Waals surface area (Å²) in [4.78, 5) is 23.9. The summed E-state index contributed by atoms with van der Waals surface area (Å²) in [5.74, 6) is 0.0117. The SMILES string of the molecule is CCC(=O)/C=C/c1ccc(S(=O)(=O)N2CCN(c3ccc([N+](=O)[O-])cc3)CC2)cc1. The Morgan fingerprint density at radius 1 is 1.03 bits per heavy atom. The Morgan fingerprint density at radius 2 is 1.63 bits per heavy atom. The van der Waals surface area contributed by atoms with Crippen LogP contribution in [0.2, 0.25) is 0 Å². The number of sulfonamides is 1. The number of hydrogen-bond donors (Lipinski definition) is 0. The number of nitro benzene ring substituents is 1. The van der Waals surface area contributed by atoms with E-state index < -0.39 is 14.9 Å². The molecule has 0 aromatic heterocycles. The van der Waals surface area contributed by atoms with Crippen LogP contribution in [0.3, 0.4) is 0 Å². The predicted octanol–water partition coefficient (Wildman–Crippen LogP) is 3.10. The van der Waals surface area contributed by atoms with Crippen molar-refractivity contribution in [3.05, 3.63) is 70.3 Å². The lowest BCUT2D eigenvalue weighted by molar-refractivity contribution is -0.384. The first-order valence-corrected chi connectivity index (χ1v) is 11.1. The number of nitrogens with zero attached hydrogens (tertiary/aromatic N) is 3. The number of non-ortho nitro benzene ring substituents is 1. The molecule has 1 aliphatic heterocycles. The number of rotatable bonds is 7. The number of anilines is 1. The summed E-state index contributed by atoms with van der Waals surface area (Å²) in [7, 11) is -3.61. The van der Waals surface area contributed by atoms with Crippen LogP contribution in [0.1, 0.15) is 18.9 Å². The number of allylic oxidation sites excluding steroid dienone is 1. The minimum atomic E-state index is -3.61. The minimum Gasteiger partial charge on any atom is -0.369 e. The topological polar surface area (TPSA) is 101 Å². The van der Waals surface area contributed by atoms with E-state index in [1.54, 1.807) is 49.4 Å². The second-order valence-electron chi connectivity index (χ2n) is 6.89. The van der Waals surface area contributed by atoms with Crippen LogP contribution >= 0.6 is 0 Å². The normalized spacial score (nSPS) is 15.4. The Balaban J connectivity index is 1.64. The molecule has 0 radical (unpaired) electrons. The van der Waals surface area contributed by atoms with Crippen LogP contribution in [0.25, 0.3) is 6.08 Å². The number of piperazine rings is 1. The lowest BCUT2D eigenvalue weighted by Gasteiger charge is -2.35. The fraction of sp³-hybridized carbons (Fsp3) is 0.286. The third-order valence-corrected chi connectivity index (χ3v) is 6.91. The van der Waals surface area contributed by atoms with Crippen LogP contribution in [0, 0.1) is 10.1 Å². The van der Waals surface area contributed by atoms with E-state index in [1.807, 2.05) is 4.90 Å². The molecular weight excluding hydrogens is 406 g/mol. The molecule has 0 atom stereocenters. The fourth-order valence-electron chi connectivity index (χ4n) is 3.18. The lowest BCUT2D eigenvalue weighted by Crippen LogP contribution is -2.48. The van der Waals surface area contributed by atoms with Crippen molar-refractivity contribution >= 4 is 33.3 Å². The Bertz CT molecular complexity index is 1040. The molecule has 1 aliphatic rings. The van der Waals surface area contributed by atoms with Crippen molar-refractivity contribution in [3.8, 4) is 0 Å². The van der Waals surface area contributed by atoms with Crippen molar-refractivity contribution in [2.24, 2.45) is 0 Å². The molecule has 1 saturated heterocycles. The Hall–Kier alpha value is -3.04. The van der Waals surface area contributed by atoms with Crippen LogP contribution in [-0.2, 0) is 14.8 Å². The van der Waals surface area contributed by atoms with Crippen molar-refractivity contribution in [1.29, 1.82) is 0 Å². The monoisotopic (exact) mass is 429 g/mol. The van der Waals surface area contributed by atoms with Crippen molar-refractivity contribution in [1.82, 2.24) is 4.31 Å². The van der Waals surface area contributed by atoms with Crippen LogP contribution in [-0.4, -0.2) is 49.6 Å². The van der Waals surface area contributed by atoms with Gasteiger partial charge in [0.1, 0.15) is 0 Å². The summed E-state index contributed by atoms with van der Waals surface area (Å²) in [6, 6.07) is 12.7. The largest absolute Gasteiger partial charge is 0.369 e. The van der Waals surface area contributed by atoms with Crippen molar-refractivity contribution in [3.63, 3.8) is 0 Å². The molecule has 0 N–H and O–H groups in total. The first kappa shape index (κ1) is 21.7. The van der Waals surface area contributed by atoms with Gasteiger partial charge in [0.25, 0.3) is 5.69 Å². The number of benzene rings is 2. The molecule has 9 heteroatoms.